The molecule has 1 aromatic rings. The number of aliphatic carboxylic acids is 1. The Kier molecular flexibility index (Phi) is 5.14. The Hall–Kier alpha value is -1.79. The molecule has 0 unspecified atom stereocenters. The van der Waals surface area contributed by atoms with Gasteiger partial charge in [0.25, 0.3) is 5.91 Å². The van der Waals surface area contributed by atoms with Crippen LogP contribution in [-0.2, 0) is 14.4 Å². The molecule has 0 radical (unpaired) electrons. The molecular formula is C12H14ClNO5. The van der Waals surface area contributed by atoms with Crippen molar-refractivity contribution >= 4 is 23.5 Å². The van der Waals surface area contributed by atoms with E-state index in [1.165, 1.54) is 13.8 Å². The Balaban J connectivity index is 2.56. The maximum Gasteiger partial charge on any atom is 0.332 e. The molecule has 1 amide bonds. The average molecular weight is 288 g/mol. The molecule has 0 saturated carbocycles. The molecule has 1 rings (SSSR count). The molecule has 0 aliphatic carbocycles. The van der Waals surface area contributed by atoms with Gasteiger partial charge in [-0.05, 0) is 38.1 Å². The Morgan fingerprint density at radius 3 is 2.42 bits per heavy atom. The highest BCUT2D eigenvalue weighted by atomic mass is 35.5. The zero-order chi connectivity index (χ0) is 14.5. The predicted octanol–water partition coefficient (Wildman–Crippen LogP) is 1.63. The first-order chi connectivity index (χ1) is 8.81. The van der Waals surface area contributed by atoms with Gasteiger partial charge in [-0.3, -0.25) is 9.63 Å². The largest absolute Gasteiger partial charge is 0.479 e. The standard InChI is InChI=1S/C12H14ClNO5/c1-12(2,11(17)14-18-7-10(15)16)19-9-5-3-8(13)4-6-9/h3-6H,7H2,1-2H3,(H,14,17)(H,15,16). The summed E-state index contributed by atoms with van der Waals surface area (Å²) >= 11 is 5.73. The number of hydroxylamine groups is 1. The second-order valence-corrected chi connectivity index (χ2v) is 4.62. The van der Waals surface area contributed by atoms with E-state index < -0.39 is 24.1 Å². The maximum atomic E-state index is 11.7. The zero-order valence-corrected chi connectivity index (χ0v) is 11.2. The number of carboxylic acid groups (broad SMARTS) is 1. The molecule has 0 spiro atoms. The van der Waals surface area contributed by atoms with Crippen LogP contribution in [0.3, 0.4) is 0 Å². The molecule has 0 fully saturated rings. The van der Waals surface area contributed by atoms with Gasteiger partial charge in [0.2, 0.25) is 0 Å². The van der Waals surface area contributed by atoms with Gasteiger partial charge >= 0.3 is 5.97 Å². The van der Waals surface area contributed by atoms with Gasteiger partial charge in [0.1, 0.15) is 5.75 Å². The average Bonchev–Trinajstić information content (AvgIpc) is 2.31. The summed E-state index contributed by atoms with van der Waals surface area (Å²) in [6, 6.07) is 6.50. The highest BCUT2D eigenvalue weighted by Gasteiger charge is 2.30. The molecule has 1 aromatic carbocycles. The minimum absolute atomic E-state index is 0.461. The molecule has 0 heterocycles. The van der Waals surface area contributed by atoms with E-state index in [0.717, 1.165) is 0 Å². The Labute approximate surface area is 115 Å². The topological polar surface area (TPSA) is 84.9 Å². The van der Waals surface area contributed by atoms with Crippen LogP contribution in [0.5, 0.6) is 5.75 Å². The number of nitrogens with one attached hydrogen (secondary N) is 1. The van der Waals surface area contributed by atoms with Crippen molar-refractivity contribution in [3.05, 3.63) is 29.3 Å². The fraction of sp³-hybridized carbons (Fsp3) is 0.333. The monoisotopic (exact) mass is 287 g/mol. The fourth-order valence-electron chi connectivity index (χ4n) is 1.13. The van der Waals surface area contributed by atoms with Crippen molar-refractivity contribution in [2.24, 2.45) is 0 Å². The van der Waals surface area contributed by atoms with E-state index >= 15 is 0 Å². The van der Waals surface area contributed by atoms with E-state index in [1.807, 2.05) is 5.48 Å². The van der Waals surface area contributed by atoms with Gasteiger partial charge in [-0.1, -0.05) is 11.6 Å². The molecule has 0 aromatic heterocycles. The summed E-state index contributed by atoms with van der Waals surface area (Å²) < 4.78 is 5.48. The summed E-state index contributed by atoms with van der Waals surface area (Å²) in [6.45, 7) is 2.44. The van der Waals surface area contributed by atoms with Gasteiger partial charge in [-0.2, -0.15) is 0 Å². The summed E-state index contributed by atoms with van der Waals surface area (Å²) in [6.07, 6.45) is 0. The van der Waals surface area contributed by atoms with Crippen molar-refractivity contribution < 1.29 is 24.3 Å². The van der Waals surface area contributed by atoms with Crippen LogP contribution in [0.4, 0.5) is 0 Å². The van der Waals surface area contributed by atoms with E-state index in [9.17, 15) is 9.59 Å². The second kappa shape index (κ2) is 6.40. The van der Waals surface area contributed by atoms with Gasteiger partial charge in [0, 0.05) is 5.02 Å². The summed E-state index contributed by atoms with van der Waals surface area (Å²) in [5.41, 5.74) is 0.799. The van der Waals surface area contributed by atoms with Crippen LogP contribution in [0.15, 0.2) is 24.3 Å². The number of hydrogen-bond acceptors (Lipinski definition) is 4. The number of hydrogen-bond donors (Lipinski definition) is 2. The van der Waals surface area contributed by atoms with Crippen molar-refractivity contribution in [2.75, 3.05) is 6.61 Å². The van der Waals surface area contributed by atoms with Crippen LogP contribution >= 0.6 is 11.6 Å². The SMILES string of the molecule is CC(C)(Oc1ccc(Cl)cc1)C(=O)NOCC(=O)O. The van der Waals surface area contributed by atoms with Gasteiger partial charge in [0.05, 0.1) is 0 Å². The molecule has 0 saturated heterocycles. The lowest BCUT2D eigenvalue weighted by atomic mass is 10.1. The molecule has 0 bridgehead atoms. The van der Waals surface area contributed by atoms with Crippen LogP contribution in [0, 0.1) is 0 Å². The quantitative estimate of drug-likeness (QED) is 0.777. The van der Waals surface area contributed by atoms with Crippen molar-refractivity contribution in [1.29, 1.82) is 0 Å². The first-order valence-electron chi connectivity index (χ1n) is 5.40. The smallest absolute Gasteiger partial charge is 0.332 e. The van der Waals surface area contributed by atoms with Crippen LogP contribution in [0.1, 0.15) is 13.8 Å². The number of amides is 1. The Morgan fingerprint density at radius 1 is 1.32 bits per heavy atom. The first kappa shape index (κ1) is 15.3. The Morgan fingerprint density at radius 2 is 1.89 bits per heavy atom. The van der Waals surface area contributed by atoms with Gasteiger partial charge in [-0.25, -0.2) is 10.3 Å². The summed E-state index contributed by atoms with van der Waals surface area (Å²) in [4.78, 5) is 26.5. The lowest BCUT2D eigenvalue weighted by Crippen LogP contribution is -2.46. The number of carbonyl (C=O) groups is 2. The third kappa shape index (κ3) is 5.15. The first-order valence-corrected chi connectivity index (χ1v) is 5.77. The van der Waals surface area contributed by atoms with E-state index in [-0.39, 0.29) is 0 Å². The minimum atomic E-state index is -1.22. The molecule has 2 N–H and O–H groups in total. The number of halogens is 1. The zero-order valence-electron chi connectivity index (χ0n) is 10.5. The van der Waals surface area contributed by atoms with Gasteiger partial charge in [0.15, 0.2) is 12.2 Å². The van der Waals surface area contributed by atoms with Gasteiger partial charge < -0.3 is 9.84 Å². The van der Waals surface area contributed by atoms with Crippen molar-refractivity contribution in [3.63, 3.8) is 0 Å². The highest BCUT2D eigenvalue weighted by molar-refractivity contribution is 6.30. The molecule has 7 heteroatoms. The predicted molar refractivity (Wildman–Crippen MR) is 67.9 cm³/mol. The minimum Gasteiger partial charge on any atom is -0.479 e. The molecular weight excluding hydrogens is 274 g/mol. The van der Waals surface area contributed by atoms with Crippen molar-refractivity contribution in [3.8, 4) is 5.75 Å². The van der Waals surface area contributed by atoms with Crippen molar-refractivity contribution in [2.45, 2.75) is 19.4 Å². The summed E-state index contributed by atoms with van der Waals surface area (Å²) in [5.74, 6) is -1.32. The van der Waals surface area contributed by atoms with Gasteiger partial charge in [-0.15, -0.1) is 0 Å². The number of ether oxygens (including phenoxy) is 1. The number of carboxylic acids is 1. The normalized spacial score (nSPS) is 10.9. The number of carbonyl (C=O) groups excluding carboxylic acids is 1. The lowest BCUT2D eigenvalue weighted by molar-refractivity contribution is -0.155. The van der Waals surface area contributed by atoms with E-state index in [1.54, 1.807) is 24.3 Å². The Bertz CT molecular complexity index is 458. The summed E-state index contributed by atoms with van der Waals surface area (Å²) in [7, 11) is 0. The van der Waals surface area contributed by atoms with E-state index in [2.05, 4.69) is 4.84 Å². The molecule has 19 heavy (non-hydrogen) atoms. The molecule has 0 aliphatic heterocycles. The third-order valence-corrected chi connectivity index (χ3v) is 2.35. The fourth-order valence-corrected chi connectivity index (χ4v) is 1.26. The van der Waals surface area contributed by atoms with E-state index in [4.69, 9.17) is 21.4 Å². The van der Waals surface area contributed by atoms with E-state index in [0.29, 0.717) is 10.8 Å². The van der Waals surface area contributed by atoms with Crippen LogP contribution < -0.4 is 10.2 Å². The number of benzene rings is 1. The third-order valence-electron chi connectivity index (χ3n) is 2.09. The van der Waals surface area contributed by atoms with Crippen LogP contribution in [0.25, 0.3) is 0 Å². The lowest BCUT2D eigenvalue weighted by Gasteiger charge is -2.24. The maximum absolute atomic E-state index is 11.7. The molecule has 6 nitrogen and oxygen atoms in total. The highest BCUT2D eigenvalue weighted by Crippen LogP contribution is 2.20. The molecule has 104 valence electrons. The van der Waals surface area contributed by atoms with Crippen molar-refractivity contribution in [1.82, 2.24) is 5.48 Å². The molecule has 0 atom stereocenters. The molecule has 0 aliphatic rings. The van der Waals surface area contributed by atoms with Crippen LogP contribution in [-0.4, -0.2) is 29.2 Å². The summed E-state index contributed by atoms with van der Waals surface area (Å²) in [5, 5.41) is 8.93. The second-order valence-electron chi connectivity index (χ2n) is 4.18. The number of rotatable bonds is 6. The van der Waals surface area contributed by atoms with Crippen LogP contribution in [0.2, 0.25) is 5.02 Å².